The molecule has 14 nitrogen and oxygen atoms in total. The van der Waals surface area contributed by atoms with E-state index in [1.54, 1.807) is 99.6 Å². The van der Waals surface area contributed by atoms with Crippen LogP contribution in [0.25, 0.3) is 0 Å². The molecular formula is C51H63NO13Si. The number of rotatable bonds is 11. The van der Waals surface area contributed by atoms with Crippen LogP contribution in [0.5, 0.6) is 0 Å². The molecule has 1 amide bonds. The van der Waals surface area contributed by atoms with Gasteiger partial charge in [0.05, 0.1) is 35.6 Å². The fraction of sp³-hybridized carbons (Fsp3) is 0.529. The van der Waals surface area contributed by atoms with Crippen molar-refractivity contribution >= 4 is 43.7 Å². The number of benzene rings is 3. The standard InChI is InChI=1S/C51H63NO13Si/c1-29-34(62-46(59)40(65-66(9,10)47(3,4)5)38(31-20-14-11-15-21-31)52-44(57)32-22-16-12-17-23-32)27-51(60)43(63-45(58)33-24-18-13-19-25-33)41-49(8,42(56)39(55)37(29)48(51,6)7)35(54)26-36-50(41,28-61-36)64-30(2)53/h11-25,29,34-38,40-41,43,54,60H,26-28H2,1-10H3,(H,52,57)/t29?,34?,35-,36?,37?,38?,40+,41-,43-,49+,50-,51+/m0/s1. The molecule has 15 heteroatoms. The number of esters is 3. The molecule has 0 aromatic heterocycles. The summed E-state index contributed by atoms with van der Waals surface area (Å²) in [7, 11) is -2.90. The minimum Gasteiger partial charge on any atom is -0.460 e. The van der Waals surface area contributed by atoms with Crippen LogP contribution < -0.4 is 5.32 Å². The van der Waals surface area contributed by atoms with Gasteiger partial charge in [-0.05, 0) is 54.9 Å². The molecule has 0 spiro atoms. The summed E-state index contributed by atoms with van der Waals surface area (Å²) >= 11 is 0. The van der Waals surface area contributed by atoms with Gasteiger partial charge >= 0.3 is 17.9 Å². The number of ether oxygens (including phenoxy) is 4. The number of carbonyl (C=O) groups excluding carboxylic acids is 6. The summed E-state index contributed by atoms with van der Waals surface area (Å²) in [4.78, 5) is 87.0. The molecule has 0 radical (unpaired) electrons. The SMILES string of the molecule is CC(=O)O[C@@]12COC1C[C@H](O)[C@@]1(C)C(=O)C(=O)C3C(C)C(OC(=O)[C@H](O[Si](C)(C)C(C)(C)C)C(NC(=O)c4ccccc4)c4ccccc4)C[C@@](O)([C@@H](OC(=O)c4ccccc4)[C@@H]12)C3(C)C. The first-order valence-electron chi connectivity index (χ1n) is 22.7. The minimum atomic E-state index is -2.90. The predicted molar refractivity (Wildman–Crippen MR) is 243 cm³/mol. The number of aliphatic hydroxyl groups excluding tert-OH is 1. The molecule has 4 fully saturated rings. The number of Topliss-reactive ketones (excluding diaryl/α,β-unsaturated/α-hetero) is 2. The highest BCUT2D eigenvalue weighted by Crippen LogP contribution is 2.64. The van der Waals surface area contributed by atoms with Crippen LogP contribution in [-0.2, 0) is 42.6 Å². The van der Waals surface area contributed by atoms with Crippen LogP contribution >= 0.6 is 0 Å². The Morgan fingerprint density at radius 2 is 1.42 bits per heavy atom. The maximum atomic E-state index is 15.3. The second-order valence-electron chi connectivity index (χ2n) is 20.9. The second-order valence-corrected chi connectivity index (χ2v) is 25.7. The Morgan fingerprint density at radius 1 is 0.864 bits per heavy atom. The molecule has 7 rings (SSSR count). The van der Waals surface area contributed by atoms with E-state index in [0.717, 1.165) is 0 Å². The number of ketones is 2. The third-order valence-corrected chi connectivity index (χ3v) is 20.2. The lowest BCUT2D eigenvalue weighted by molar-refractivity contribution is -0.350. The van der Waals surface area contributed by atoms with Crippen LogP contribution in [0.15, 0.2) is 91.0 Å². The molecule has 3 aliphatic carbocycles. The summed E-state index contributed by atoms with van der Waals surface area (Å²) in [6.07, 6.45) is -7.78. The summed E-state index contributed by atoms with van der Waals surface area (Å²) < 4.78 is 31.9. The summed E-state index contributed by atoms with van der Waals surface area (Å²) in [5.41, 5.74) is -6.76. The van der Waals surface area contributed by atoms with Crippen molar-refractivity contribution in [2.24, 2.45) is 28.6 Å². The van der Waals surface area contributed by atoms with Crippen molar-refractivity contribution in [1.29, 1.82) is 0 Å². The van der Waals surface area contributed by atoms with Gasteiger partial charge < -0.3 is 38.9 Å². The molecule has 1 heterocycles. The van der Waals surface area contributed by atoms with Crippen molar-refractivity contribution in [2.45, 2.75) is 134 Å². The Morgan fingerprint density at radius 3 is 1.95 bits per heavy atom. The molecule has 3 aromatic carbocycles. The minimum absolute atomic E-state index is 0.100. The molecule has 354 valence electrons. The molecule has 3 aromatic rings. The zero-order valence-electron chi connectivity index (χ0n) is 39.4. The maximum Gasteiger partial charge on any atom is 0.338 e. The Hall–Kier alpha value is -5.06. The highest BCUT2D eigenvalue weighted by atomic mass is 28.4. The van der Waals surface area contributed by atoms with Crippen molar-refractivity contribution in [3.05, 3.63) is 108 Å². The topological polar surface area (TPSA) is 201 Å². The molecule has 3 saturated carbocycles. The zero-order valence-corrected chi connectivity index (χ0v) is 40.4. The molecular weight excluding hydrogens is 863 g/mol. The van der Waals surface area contributed by atoms with E-state index in [2.05, 4.69) is 5.32 Å². The normalized spacial score (nSPS) is 32.4. The first kappa shape index (κ1) is 48.9. The molecule has 1 aliphatic heterocycles. The van der Waals surface area contributed by atoms with Crippen molar-refractivity contribution < 1.29 is 62.4 Å². The van der Waals surface area contributed by atoms with E-state index in [1.807, 2.05) is 33.9 Å². The number of carbonyl (C=O) groups is 6. The van der Waals surface area contributed by atoms with Crippen molar-refractivity contribution in [3.8, 4) is 0 Å². The predicted octanol–water partition coefficient (Wildman–Crippen LogP) is 6.34. The van der Waals surface area contributed by atoms with Crippen molar-refractivity contribution in [2.75, 3.05) is 6.61 Å². The number of fused-ring (bicyclic) bond motifs is 5. The third-order valence-electron chi connectivity index (χ3n) is 15.7. The van der Waals surface area contributed by atoms with Crippen molar-refractivity contribution in [1.82, 2.24) is 5.32 Å². The van der Waals surface area contributed by atoms with Crippen LogP contribution in [0.1, 0.15) is 101 Å². The summed E-state index contributed by atoms with van der Waals surface area (Å²) in [5, 5.41) is 28.4. The molecule has 12 atom stereocenters. The maximum absolute atomic E-state index is 15.3. The second kappa shape index (κ2) is 17.5. The van der Waals surface area contributed by atoms with E-state index in [-0.39, 0.29) is 18.6 Å². The molecule has 66 heavy (non-hydrogen) atoms. The molecule has 4 aliphatic rings. The average Bonchev–Trinajstić information content (AvgIpc) is 3.26. The van der Waals surface area contributed by atoms with Gasteiger partial charge in [-0.3, -0.25) is 19.2 Å². The smallest absolute Gasteiger partial charge is 0.338 e. The van der Waals surface area contributed by atoms with Crippen LogP contribution in [-0.4, -0.2) is 102 Å². The van der Waals surface area contributed by atoms with Gasteiger partial charge in [-0.15, -0.1) is 0 Å². The fourth-order valence-electron chi connectivity index (χ4n) is 10.8. The number of hydrogen-bond donors (Lipinski definition) is 3. The summed E-state index contributed by atoms with van der Waals surface area (Å²) in [6, 6.07) is 24.3. The van der Waals surface area contributed by atoms with Gasteiger partial charge in [0.15, 0.2) is 20.0 Å². The lowest BCUT2D eigenvalue weighted by atomic mass is 9.42. The number of amides is 1. The first-order valence-corrected chi connectivity index (χ1v) is 25.6. The Kier molecular flexibility index (Phi) is 13.0. The van der Waals surface area contributed by atoms with E-state index < -0.39 is 132 Å². The number of aliphatic hydroxyl groups is 2. The largest absolute Gasteiger partial charge is 0.460 e. The summed E-state index contributed by atoms with van der Waals surface area (Å²) in [5.74, 6) is -8.84. The van der Waals surface area contributed by atoms with Crippen LogP contribution in [0, 0.1) is 28.6 Å². The van der Waals surface area contributed by atoms with Crippen LogP contribution in [0.2, 0.25) is 18.1 Å². The molecule has 1 saturated heterocycles. The van der Waals surface area contributed by atoms with E-state index in [4.69, 9.17) is 23.4 Å². The zero-order chi connectivity index (χ0) is 48.4. The Bertz CT molecular complexity index is 2350. The van der Waals surface area contributed by atoms with Gasteiger partial charge in [0, 0.05) is 42.6 Å². The van der Waals surface area contributed by atoms with Gasteiger partial charge in [-0.25, -0.2) is 9.59 Å². The number of hydrogen-bond acceptors (Lipinski definition) is 13. The van der Waals surface area contributed by atoms with Crippen LogP contribution in [0.4, 0.5) is 0 Å². The average molecular weight is 926 g/mol. The van der Waals surface area contributed by atoms with E-state index in [0.29, 0.717) is 11.1 Å². The van der Waals surface area contributed by atoms with Gasteiger partial charge in [0.2, 0.25) is 11.6 Å². The Balaban J connectivity index is 1.38. The first-order chi connectivity index (χ1) is 30.8. The van der Waals surface area contributed by atoms with E-state index in [1.165, 1.54) is 26.0 Å². The van der Waals surface area contributed by atoms with Crippen LogP contribution in [0.3, 0.4) is 0 Å². The Labute approximate surface area is 387 Å². The van der Waals surface area contributed by atoms with E-state index in [9.17, 15) is 24.6 Å². The molecule has 5 unspecified atom stereocenters. The van der Waals surface area contributed by atoms with Gasteiger partial charge in [0.1, 0.15) is 23.9 Å². The highest BCUT2D eigenvalue weighted by Gasteiger charge is 2.79. The fourth-order valence-corrected chi connectivity index (χ4v) is 12.1. The number of nitrogens with one attached hydrogen (secondary N) is 1. The van der Waals surface area contributed by atoms with Gasteiger partial charge in [-0.1, -0.05) is 108 Å². The summed E-state index contributed by atoms with van der Waals surface area (Å²) in [6.45, 7) is 17.1. The molecule has 2 bridgehead atoms. The monoisotopic (exact) mass is 925 g/mol. The third kappa shape index (κ3) is 8.14. The van der Waals surface area contributed by atoms with Crippen molar-refractivity contribution in [3.63, 3.8) is 0 Å². The van der Waals surface area contributed by atoms with Gasteiger partial charge in [-0.2, -0.15) is 0 Å². The lowest BCUT2D eigenvalue weighted by Crippen LogP contribution is -2.82. The molecule has 3 N–H and O–H groups in total. The highest BCUT2D eigenvalue weighted by molar-refractivity contribution is 6.74. The van der Waals surface area contributed by atoms with Gasteiger partial charge in [0.25, 0.3) is 5.91 Å². The van der Waals surface area contributed by atoms with E-state index >= 15 is 14.4 Å². The quantitative estimate of drug-likeness (QED) is 0.0834. The lowest BCUT2D eigenvalue weighted by Gasteiger charge is -2.67.